The fraction of sp³-hybridized carbons (Fsp3) is 0. The predicted molar refractivity (Wildman–Crippen MR) is 196 cm³/mol. The molecule has 0 aliphatic carbocycles. The van der Waals surface area contributed by atoms with Gasteiger partial charge in [-0.3, -0.25) is 4.98 Å². The van der Waals surface area contributed by atoms with Gasteiger partial charge in [0, 0.05) is 17.1 Å². The largest absolute Gasteiger partial charge is 0.256 e. The van der Waals surface area contributed by atoms with Gasteiger partial charge < -0.3 is 0 Å². The summed E-state index contributed by atoms with van der Waals surface area (Å²) >= 11 is 0. The Morgan fingerprint density at radius 2 is 0.696 bits per heavy atom. The zero-order chi connectivity index (χ0) is 30.5. The molecule has 0 bridgehead atoms. The van der Waals surface area contributed by atoms with E-state index < -0.39 is 0 Å². The number of hydrogen-bond acceptors (Lipinski definition) is 1. The van der Waals surface area contributed by atoms with E-state index in [1.807, 2.05) is 6.20 Å². The van der Waals surface area contributed by atoms with Crippen LogP contribution in [0.5, 0.6) is 0 Å². The number of aromatic nitrogens is 1. The molecule has 46 heavy (non-hydrogen) atoms. The average Bonchev–Trinajstić information content (AvgIpc) is 3.13. The number of benzene rings is 8. The third-order valence-corrected chi connectivity index (χ3v) is 9.33. The average molecular weight is 584 g/mol. The Kier molecular flexibility index (Phi) is 6.21. The highest BCUT2D eigenvalue weighted by molar-refractivity contribution is 6.20. The van der Waals surface area contributed by atoms with E-state index in [-0.39, 0.29) is 0 Å². The van der Waals surface area contributed by atoms with E-state index >= 15 is 0 Å². The molecule has 9 aromatic rings. The zero-order valence-electron chi connectivity index (χ0n) is 25.2. The van der Waals surface area contributed by atoms with Crippen LogP contribution in [0.15, 0.2) is 176 Å². The molecule has 0 saturated carbocycles. The van der Waals surface area contributed by atoms with Gasteiger partial charge in [-0.25, -0.2) is 0 Å². The number of pyridine rings is 1. The Hall–Kier alpha value is -6.05. The Bertz CT molecular complexity index is 2310. The molecule has 1 aromatic heterocycles. The SMILES string of the molecule is c1ccc2c(-c3ccc(-c4c5ccccc5c(-c5ccc(-c6cccc7ccccc67)cc5)c5ncccc45)cc3)cccc2c1. The van der Waals surface area contributed by atoms with Gasteiger partial charge in [0.15, 0.2) is 0 Å². The van der Waals surface area contributed by atoms with Crippen LogP contribution in [-0.4, -0.2) is 4.98 Å². The fourth-order valence-corrected chi connectivity index (χ4v) is 7.19. The molecule has 1 heteroatoms. The molecule has 9 rings (SSSR count). The van der Waals surface area contributed by atoms with Crippen LogP contribution < -0.4 is 0 Å². The monoisotopic (exact) mass is 583 g/mol. The summed E-state index contributed by atoms with van der Waals surface area (Å²) in [6.07, 6.45) is 1.92. The molecule has 0 aliphatic rings. The summed E-state index contributed by atoms with van der Waals surface area (Å²) in [5, 5.41) is 8.65. The standard InChI is InChI=1S/C45H29N/c1-3-14-36-30(10-1)12-7-18-38(36)32-21-25-34(26-22-32)43-40-16-5-6-17-41(40)44(45-42(43)20-9-29-46-45)35-27-23-33(24-28-35)39-19-8-13-31-11-2-4-15-37(31)39/h1-29H. The highest BCUT2D eigenvalue weighted by atomic mass is 14.7. The summed E-state index contributed by atoms with van der Waals surface area (Å²) in [5.74, 6) is 0. The van der Waals surface area contributed by atoms with Gasteiger partial charge >= 0.3 is 0 Å². The van der Waals surface area contributed by atoms with Crippen molar-refractivity contribution in [3.8, 4) is 44.5 Å². The Labute approximate surface area is 268 Å². The van der Waals surface area contributed by atoms with Crippen LogP contribution in [0.3, 0.4) is 0 Å². The van der Waals surface area contributed by atoms with Crippen molar-refractivity contribution >= 4 is 43.2 Å². The molecule has 0 aliphatic heterocycles. The lowest BCUT2D eigenvalue weighted by Crippen LogP contribution is -1.93. The summed E-state index contributed by atoms with van der Waals surface area (Å²) in [4.78, 5) is 5.01. The quantitative estimate of drug-likeness (QED) is 0.188. The first-order chi connectivity index (χ1) is 22.8. The van der Waals surface area contributed by atoms with Gasteiger partial charge in [0.05, 0.1) is 5.52 Å². The van der Waals surface area contributed by atoms with E-state index in [4.69, 9.17) is 4.98 Å². The molecule has 214 valence electrons. The topological polar surface area (TPSA) is 12.9 Å². The van der Waals surface area contributed by atoms with E-state index in [1.165, 1.54) is 76.8 Å². The molecule has 0 radical (unpaired) electrons. The van der Waals surface area contributed by atoms with Crippen molar-refractivity contribution in [3.05, 3.63) is 176 Å². The summed E-state index contributed by atoms with van der Waals surface area (Å²) in [7, 11) is 0. The van der Waals surface area contributed by atoms with E-state index in [0.29, 0.717) is 0 Å². The number of nitrogens with zero attached hydrogens (tertiary/aromatic N) is 1. The number of rotatable bonds is 4. The summed E-state index contributed by atoms with van der Waals surface area (Å²) in [6, 6.07) is 61.4. The first-order valence-corrected chi connectivity index (χ1v) is 15.8. The molecular formula is C45H29N. The second-order valence-electron chi connectivity index (χ2n) is 11.9. The van der Waals surface area contributed by atoms with Crippen molar-refractivity contribution in [3.63, 3.8) is 0 Å². The van der Waals surface area contributed by atoms with Crippen LogP contribution in [0, 0.1) is 0 Å². The Balaban J connectivity index is 1.20. The van der Waals surface area contributed by atoms with Gasteiger partial charge in [-0.15, -0.1) is 0 Å². The number of hydrogen-bond donors (Lipinski definition) is 0. The van der Waals surface area contributed by atoms with E-state index in [2.05, 4.69) is 170 Å². The summed E-state index contributed by atoms with van der Waals surface area (Å²) in [5.41, 5.74) is 10.7. The van der Waals surface area contributed by atoms with Crippen molar-refractivity contribution < 1.29 is 0 Å². The zero-order valence-corrected chi connectivity index (χ0v) is 25.2. The van der Waals surface area contributed by atoms with Crippen LogP contribution in [0.4, 0.5) is 0 Å². The molecule has 1 heterocycles. The molecule has 0 saturated heterocycles. The van der Waals surface area contributed by atoms with Crippen molar-refractivity contribution in [2.45, 2.75) is 0 Å². The minimum Gasteiger partial charge on any atom is -0.256 e. The molecule has 1 nitrogen and oxygen atoms in total. The molecule has 0 N–H and O–H groups in total. The smallest absolute Gasteiger partial charge is 0.0792 e. The maximum Gasteiger partial charge on any atom is 0.0792 e. The summed E-state index contributed by atoms with van der Waals surface area (Å²) < 4.78 is 0. The fourth-order valence-electron chi connectivity index (χ4n) is 7.19. The minimum atomic E-state index is 1.02. The van der Waals surface area contributed by atoms with E-state index in [0.717, 1.165) is 10.9 Å². The third-order valence-electron chi connectivity index (χ3n) is 9.33. The van der Waals surface area contributed by atoms with Crippen LogP contribution in [0.25, 0.3) is 87.7 Å². The second kappa shape index (κ2) is 10.8. The van der Waals surface area contributed by atoms with E-state index in [9.17, 15) is 0 Å². The molecule has 8 aromatic carbocycles. The first-order valence-electron chi connectivity index (χ1n) is 15.8. The van der Waals surface area contributed by atoms with Gasteiger partial charge in [0.25, 0.3) is 0 Å². The van der Waals surface area contributed by atoms with Crippen molar-refractivity contribution in [2.24, 2.45) is 0 Å². The van der Waals surface area contributed by atoms with Gasteiger partial charge in [0.2, 0.25) is 0 Å². The third kappa shape index (κ3) is 4.29. The van der Waals surface area contributed by atoms with Gasteiger partial charge in [-0.1, -0.05) is 164 Å². The highest BCUT2D eigenvalue weighted by Crippen LogP contribution is 2.43. The van der Waals surface area contributed by atoms with Crippen LogP contribution in [0.1, 0.15) is 0 Å². The van der Waals surface area contributed by atoms with Gasteiger partial charge in [-0.2, -0.15) is 0 Å². The molecular weight excluding hydrogens is 555 g/mol. The lowest BCUT2D eigenvalue weighted by molar-refractivity contribution is 1.42. The van der Waals surface area contributed by atoms with Gasteiger partial charge in [0.1, 0.15) is 0 Å². The highest BCUT2D eigenvalue weighted by Gasteiger charge is 2.18. The van der Waals surface area contributed by atoms with Crippen LogP contribution >= 0.6 is 0 Å². The van der Waals surface area contributed by atoms with Crippen LogP contribution in [-0.2, 0) is 0 Å². The molecule has 0 spiro atoms. The Morgan fingerprint density at radius 3 is 1.26 bits per heavy atom. The first kappa shape index (κ1) is 26.4. The predicted octanol–water partition coefficient (Wildman–Crippen LogP) is 12.4. The van der Waals surface area contributed by atoms with Crippen molar-refractivity contribution in [2.75, 3.05) is 0 Å². The minimum absolute atomic E-state index is 1.02. The summed E-state index contributed by atoms with van der Waals surface area (Å²) in [6.45, 7) is 0. The van der Waals surface area contributed by atoms with Crippen LogP contribution in [0.2, 0.25) is 0 Å². The van der Waals surface area contributed by atoms with Crippen molar-refractivity contribution in [1.29, 1.82) is 0 Å². The normalized spacial score (nSPS) is 11.5. The lowest BCUT2D eigenvalue weighted by atomic mass is 9.87. The molecule has 0 amide bonds. The maximum absolute atomic E-state index is 5.01. The van der Waals surface area contributed by atoms with Crippen molar-refractivity contribution in [1.82, 2.24) is 4.98 Å². The van der Waals surface area contributed by atoms with E-state index in [1.54, 1.807) is 0 Å². The number of fused-ring (bicyclic) bond motifs is 4. The maximum atomic E-state index is 5.01. The molecule has 0 atom stereocenters. The molecule has 0 fully saturated rings. The Morgan fingerprint density at radius 1 is 0.283 bits per heavy atom. The second-order valence-corrected chi connectivity index (χ2v) is 11.9. The molecule has 0 unspecified atom stereocenters. The van der Waals surface area contributed by atoms with Gasteiger partial charge in [-0.05, 0) is 77.3 Å². The lowest BCUT2D eigenvalue weighted by Gasteiger charge is -2.17.